The molecule has 0 unspecified atom stereocenters. The molecule has 3 rings (SSSR count). The SMILES string of the molecule is C=CCN1C(=O)/C(=C2/Sc3ccc(OC)cc3N2C)SC1=NCCCCCCCCCCCCCCCCCC. The number of amides is 1. The zero-order valence-electron chi connectivity index (χ0n) is 25.2. The third-order valence-electron chi connectivity index (χ3n) is 7.67. The smallest absolute Gasteiger partial charge is 0.269 e. The van der Waals surface area contributed by atoms with Gasteiger partial charge in [-0.25, -0.2) is 0 Å². The molecule has 0 N–H and O–H groups in total. The highest BCUT2D eigenvalue weighted by atomic mass is 32.2. The van der Waals surface area contributed by atoms with E-state index in [-0.39, 0.29) is 5.91 Å². The van der Waals surface area contributed by atoms with E-state index < -0.39 is 0 Å². The molecule has 1 fully saturated rings. The molecule has 7 heteroatoms. The number of anilines is 1. The Balaban J connectivity index is 1.33. The van der Waals surface area contributed by atoms with E-state index in [1.54, 1.807) is 29.8 Å². The summed E-state index contributed by atoms with van der Waals surface area (Å²) in [4.78, 5) is 23.9. The van der Waals surface area contributed by atoms with Gasteiger partial charge in [0.15, 0.2) is 5.17 Å². The maximum Gasteiger partial charge on any atom is 0.269 e. The Morgan fingerprint density at radius 3 is 2.00 bits per heavy atom. The molecular weight excluding hydrogens is 535 g/mol. The maximum absolute atomic E-state index is 13.3. The van der Waals surface area contributed by atoms with Crippen molar-refractivity contribution in [1.29, 1.82) is 0 Å². The Morgan fingerprint density at radius 2 is 1.45 bits per heavy atom. The molecule has 1 amide bonds. The van der Waals surface area contributed by atoms with Gasteiger partial charge in [-0.15, -0.1) is 6.58 Å². The van der Waals surface area contributed by atoms with Crippen LogP contribution in [0.5, 0.6) is 5.75 Å². The fourth-order valence-electron chi connectivity index (χ4n) is 5.23. The molecule has 2 heterocycles. The predicted molar refractivity (Wildman–Crippen MR) is 176 cm³/mol. The number of amidine groups is 1. The molecule has 1 aromatic carbocycles. The summed E-state index contributed by atoms with van der Waals surface area (Å²) in [6, 6.07) is 6.04. The molecule has 0 aromatic heterocycles. The van der Waals surface area contributed by atoms with Crippen molar-refractivity contribution in [3.8, 4) is 5.75 Å². The van der Waals surface area contributed by atoms with Gasteiger partial charge in [0.2, 0.25) is 0 Å². The average Bonchev–Trinajstić information content (AvgIpc) is 3.45. The summed E-state index contributed by atoms with van der Waals surface area (Å²) in [6.45, 7) is 7.40. The predicted octanol–water partition coefficient (Wildman–Crippen LogP) is 9.79. The summed E-state index contributed by atoms with van der Waals surface area (Å²) in [5.41, 5.74) is 1.06. The molecule has 0 saturated carbocycles. The van der Waals surface area contributed by atoms with Crippen LogP contribution in [0.2, 0.25) is 0 Å². The van der Waals surface area contributed by atoms with E-state index in [1.165, 1.54) is 108 Å². The van der Waals surface area contributed by atoms with Gasteiger partial charge in [0, 0.05) is 31.1 Å². The van der Waals surface area contributed by atoms with E-state index in [0.29, 0.717) is 6.54 Å². The van der Waals surface area contributed by atoms with Crippen LogP contribution >= 0.6 is 23.5 Å². The average molecular weight is 586 g/mol. The first-order valence-electron chi connectivity index (χ1n) is 15.6. The number of aliphatic imine (C=N–C) groups is 1. The molecule has 0 spiro atoms. The van der Waals surface area contributed by atoms with Crippen LogP contribution in [-0.4, -0.2) is 43.2 Å². The first kappa shape index (κ1) is 32.7. The molecule has 2 aliphatic heterocycles. The van der Waals surface area contributed by atoms with Crippen molar-refractivity contribution in [3.63, 3.8) is 0 Å². The largest absolute Gasteiger partial charge is 0.497 e. The highest BCUT2D eigenvalue weighted by Crippen LogP contribution is 2.50. The molecule has 222 valence electrons. The molecule has 0 aliphatic carbocycles. The molecule has 1 aromatic rings. The third-order valence-corrected chi connectivity index (χ3v) is 10.1. The van der Waals surface area contributed by atoms with Crippen molar-refractivity contribution in [1.82, 2.24) is 4.90 Å². The molecule has 1 saturated heterocycles. The van der Waals surface area contributed by atoms with E-state index in [2.05, 4.69) is 24.5 Å². The lowest BCUT2D eigenvalue weighted by molar-refractivity contribution is -0.121. The van der Waals surface area contributed by atoms with Crippen molar-refractivity contribution in [3.05, 3.63) is 40.8 Å². The highest BCUT2D eigenvalue weighted by molar-refractivity contribution is 8.19. The Morgan fingerprint density at radius 1 is 0.875 bits per heavy atom. The van der Waals surface area contributed by atoms with Gasteiger partial charge in [-0.1, -0.05) is 121 Å². The first-order chi connectivity index (χ1) is 19.6. The van der Waals surface area contributed by atoms with Gasteiger partial charge in [0.05, 0.1) is 17.8 Å². The van der Waals surface area contributed by atoms with Gasteiger partial charge < -0.3 is 9.64 Å². The highest BCUT2D eigenvalue weighted by Gasteiger charge is 2.38. The molecule has 5 nitrogen and oxygen atoms in total. The number of carbonyl (C=O) groups excluding carboxylic acids is 1. The number of benzene rings is 1. The van der Waals surface area contributed by atoms with Crippen LogP contribution in [0.4, 0.5) is 5.69 Å². The summed E-state index contributed by atoms with van der Waals surface area (Å²) in [5, 5.41) is 1.76. The van der Waals surface area contributed by atoms with Gasteiger partial charge in [-0.05, 0) is 30.3 Å². The monoisotopic (exact) mass is 585 g/mol. The number of fused-ring (bicyclic) bond motifs is 1. The maximum atomic E-state index is 13.3. The number of thioether (sulfide) groups is 2. The lowest BCUT2D eigenvalue weighted by Gasteiger charge is -2.15. The van der Waals surface area contributed by atoms with Crippen molar-refractivity contribution in [2.24, 2.45) is 4.99 Å². The van der Waals surface area contributed by atoms with E-state index >= 15 is 0 Å². The second-order valence-electron chi connectivity index (χ2n) is 10.9. The zero-order chi connectivity index (χ0) is 28.6. The minimum absolute atomic E-state index is 0.0183. The number of rotatable bonds is 20. The molecule has 2 aliphatic rings. The number of unbranched alkanes of at least 4 members (excludes halogenated alkanes) is 15. The fourth-order valence-corrected chi connectivity index (χ4v) is 7.57. The number of carbonyl (C=O) groups is 1. The molecule has 40 heavy (non-hydrogen) atoms. The Labute approximate surface area is 252 Å². The van der Waals surface area contributed by atoms with E-state index in [1.807, 2.05) is 19.2 Å². The minimum Gasteiger partial charge on any atom is -0.497 e. The lowest BCUT2D eigenvalue weighted by atomic mass is 10.0. The molecule has 0 bridgehead atoms. The van der Waals surface area contributed by atoms with Crippen LogP contribution in [0.1, 0.15) is 110 Å². The summed E-state index contributed by atoms with van der Waals surface area (Å²) < 4.78 is 5.40. The second-order valence-corrected chi connectivity index (χ2v) is 12.9. The van der Waals surface area contributed by atoms with Gasteiger partial charge >= 0.3 is 0 Å². The van der Waals surface area contributed by atoms with E-state index in [4.69, 9.17) is 9.73 Å². The summed E-state index contributed by atoms with van der Waals surface area (Å²) in [6.07, 6.45) is 23.6. The van der Waals surface area contributed by atoms with Crippen molar-refractivity contribution in [2.75, 3.05) is 32.1 Å². The molecule has 0 radical (unpaired) electrons. The molecular formula is C33H51N3O2S2. The van der Waals surface area contributed by atoms with Crippen LogP contribution < -0.4 is 9.64 Å². The minimum atomic E-state index is 0.0183. The Kier molecular flexibility index (Phi) is 15.1. The van der Waals surface area contributed by atoms with Gasteiger partial charge in [0.1, 0.15) is 10.7 Å². The number of hydrogen-bond acceptors (Lipinski definition) is 6. The topological polar surface area (TPSA) is 45.1 Å². The van der Waals surface area contributed by atoms with Crippen LogP contribution in [0.15, 0.2) is 50.7 Å². The van der Waals surface area contributed by atoms with Crippen LogP contribution in [0.25, 0.3) is 0 Å². The number of methoxy groups -OCH3 is 1. The van der Waals surface area contributed by atoms with Crippen LogP contribution in [0, 0.1) is 0 Å². The van der Waals surface area contributed by atoms with Gasteiger partial charge in [0.25, 0.3) is 5.91 Å². The summed E-state index contributed by atoms with van der Waals surface area (Å²) >= 11 is 3.14. The van der Waals surface area contributed by atoms with Gasteiger partial charge in [-0.2, -0.15) is 0 Å². The van der Waals surface area contributed by atoms with E-state index in [9.17, 15) is 4.79 Å². The zero-order valence-corrected chi connectivity index (χ0v) is 26.9. The van der Waals surface area contributed by atoms with Crippen LogP contribution in [0.3, 0.4) is 0 Å². The lowest BCUT2D eigenvalue weighted by Crippen LogP contribution is -2.30. The second kappa shape index (κ2) is 18.5. The number of ether oxygens (including phenoxy) is 1. The van der Waals surface area contributed by atoms with Crippen molar-refractivity contribution >= 4 is 40.3 Å². The van der Waals surface area contributed by atoms with E-state index in [0.717, 1.165) is 44.4 Å². The van der Waals surface area contributed by atoms with Crippen molar-refractivity contribution in [2.45, 2.75) is 115 Å². The number of nitrogens with zero attached hydrogens (tertiary/aromatic N) is 3. The van der Waals surface area contributed by atoms with Crippen molar-refractivity contribution < 1.29 is 9.53 Å². The number of hydrogen-bond donors (Lipinski definition) is 0. The Bertz CT molecular complexity index is 1010. The third kappa shape index (κ3) is 9.90. The molecule has 0 atom stereocenters. The van der Waals surface area contributed by atoms with Crippen LogP contribution in [-0.2, 0) is 4.79 Å². The quantitative estimate of drug-likeness (QED) is 0.0866. The summed E-state index contributed by atoms with van der Waals surface area (Å²) in [5.74, 6) is 0.835. The normalized spacial score (nSPS) is 17.8. The standard InChI is InChI=1S/C33H51N3O2S2/c1-5-7-8-9-10-11-12-13-14-15-16-17-18-19-20-21-24-34-33-36(25-6-2)31(37)30(40-33)32-35(3)28-26-27(38-4)22-23-29(28)39-32/h6,22-23,26H,2,5,7-21,24-25H2,1,3-4H3/b32-30-,34-33?. The fraction of sp³-hybridized carbons (Fsp3) is 0.636. The summed E-state index contributed by atoms with van der Waals surface area (Å²) in [7, 11) is 3.69. The first-order valence-corrected chi connectivity index (χ1v) is 17.2. The Hall–Kier alpha value is -1.86. The van der Waals surface area contributed by atoms with Gasteiger partial charge in [-0.3, -0.25) is 14.7 Å².